The van der Waals surface area contributed by atoms with Crippen LogP contribution in [0.1, 0.15) is 29.3 Å². The zero-order valence-electron chi connectivity index (χ0n) is 17.1. The van der Waals surface area contributed by atoms with Gasteiger partial charge in [-0.1, -0.05) is 30.7 Å². The first kappa shape index (κ1) is 22.0. The second-order valence-electron chi connectivity index (χ2n) is 7.73. The third-order valence-corrected chi connectivity index (χ3v) is 5.44. The Labute approximate surface area is 182 Å². The molecule has 2 heterocycles. The van der Waals surface area contributed by atoms with E-state index in [9.17, 15) is 9.18 Å². The Hall–Kier alpha value is -2.70. The van der Waals surface area contributed by atoms with E-state index in [1.807, 2.05) is 31.2 Å². The second-order valence-corrected chi connectivity index (χ2v) is 7.73. The normalized spacial score (nSPS) is 18.5. The maximum Gasteiger partial charge on any atom is 0.255 e. The first-order chi connectivity index (χ1) is 14.0. The molecule has 7 heteroatoms. The van der Waals surface area contributed by atoms with Crippen LogP contribution in [-0.4, -0.2) is 34.8 Å². The van der Waals surface area contributed by atoms with Crippen molar-refractivity contribution < 1.29 is 9.18 Å². The Morgan fingerprint density at radius 2 is 2.00 bits per heavy atom. The number of halogens is 2. The van der Waals surface area contributed by atoms with Crippen molar-refractivity contribution in [3.8, 4) is 16.9 Å². The molecular formula is C23H26ClFN4O. The van der Waals surface area contributed by atoms with Crippen LogP contribution in [-0.2, 0) is 0 Å². The lowest BCUT2D eigenvalue weighted by atomic mass is 9.95. The highest BCUT2D eigenvalue weighted by molar-refractivity contribution is 6.00. The van der Waals surface area contributed by atoms with Crippen molar-refractivity contribution in [2.24, 2.45) is 5.92 Å². The van der Waals surface area contributed by atoms with E-state index in [4.69, 9.17) is 0 Å². The number of nitrogens with one attached hydrogen (secondary N) is 2. The van der Waals surface area contributed by atoms with E-state index in [1.165, 1.54) is 12.1 Å². The molecule has 2 atom stereocenters. The van der Waals surface area contributed by atoms with Crippen molar-refractivity contribution in [2.75, 3.05) is 13.1 Å². The van der Waals surface area contributed by atoms with Gasteiger partial charge < -0.3 is 10.6 Å². The van der Waals surface area contributed by atoms with Gasteiger partial charge >= 0.3 is 0 Å². The molecule has 1 aliphatic rings. The van der Waals surface area contributed by atoms with Crippen molar-refractivity contribution in [3.63, 3.8) is 0 Å². The van der Waals surface area contributed by atoms with Crippen LogP contribution in [0, 0.1) is 18.7 Å². The number of hydrogen-bond donors (Lipinski definition) is 2. The van der Waals surface area contributed by atoms with Crippen LogP contribution < -0.4 is 10.6 Å². The quantitative estimate of drug-likeness (QED) is 0.656. The number of aromatic nitrogens is 2. The standard InChI is InChI=1S/C23H25FN4O.ClH/c1-15-4-3-5-17(12-15)22-20(23(29)26-21-10-11-25-13-16(21)2)14-28(27-22)19-8-6-18(24)7-9-19;/h3-9,12,14,16,21,25H,10-11,13H2,1-2H3,(H,26,29);1H. The number of rotatable bonds is 4. The largest absolute Gasteiger partial charge is 0.349 e. The molecule has 1 saturated heterocycles. The van der Waals surface area contributed by atoms with Crippen LogP contribution in [0.5, 0.6) is 0 Å². The van der Waals surface area contributed by atoms with Crippen molar-refractivity contribution in [1.82, 2.24) is 20.4 Å². The van der Waals surface area contributed by atoms with Gasteiger partial charge in [0.1, 0.15) is 11.5 Å². The summed E-state index contributed by atoms with van der Waals surface area (Å²) in [6.45, 7) is 5.94. The van der Waals surface area contributed by atoms with E-state index >= 15 is 0 Å². The van der Waals surface area contributed by atoms with Gasteiger partial charge in [0, 0.05) is 17.8 Å². The molecule has 1 amide bonds. The Balaban J connectivity index is 0.00000256. The van der Waals surface area contributed by atoms with Gasteiger partial charge in [0.05, 0.1) is 11.3 Å². The first-order valence-electron chi connectivity index (χ1n) is 9.95. The lowest BCUT2D eigenvalue weighted by Gasteiger charge is -2.30. The van der Waals surface area contributed by atoms with Gasteiger partial charge in [-0.15, -0.1) is 12.4 Å². The number of carbonyl (C=O) groups is 1. The third kappa shape index (κ3) is 4.71. The average molecular weight is 429 g/mol. The molecule has 4 rings (SSSR count). The van der Waals surface area contributed by atoms with Crippen molar-refractivity contribution in [2.45, 2.75) is 26.3 Å². The fourth-order valence-corrected chi connectivity index (χ4v) is 3.75. The smallest absolute Gasteiger partial charge is 0.255 e. The maximum atomic E-state index is 13.3. The third-order valence-electron chi connectivity index (χ3n) is 5.44. The molecule has 1 aromatic heterocycles. The number of carbonyl (C=O) groups excluding carboxylic acids is 1. The summed E-state index contributed by atoms with van der Waals surface area (Å²) in [7, 11) is 0. The van der Waals surface area contributed by atoms with Gasteiger partial charge in [-0.05, 0) is 62.7 Å². The van der Waals surface area contributed by atoms with Gasteiger partial charge in [0.2, 0.25) is 0 Å². The minimum atomic E-state index is -0.308. The molecule has 0 saturated carbocycles. The van der Waals surface area contributed by atoms with Gasteiger partial charge in [0.15, 0.2) is 0 Å². The summed E-state index contributed by atoms with van der Waals surface area (Å²) < 4.78 is 15.0. The van der Waals surface area contributed by atoms with Gasteiger partial charge in [0.25, 0.3) is 5.91 Å². The molecule has 1 fully saturated rings. The number of aryl methyl sites for hydroxylation is 1. The molecule has 0 spiro atoms. The Morgan fingerprint density at radius 3 is 2.70 bits per heavy atom. The molecule has 0 aliphatic carbocycles. The topological polar surface area (TPSA) is 59.0 Å². The Bertz CT molecular complexity index is 1020. The highest BCUT2D eigenvalue weighted by Gasteiger charge is 2.26. The zero-order chi connectivity index (χ0) is 20.4. The summed E-state index contributed by atoms with van der Waals surface area (Å²) in [5.41, 5.74) is 3.82. The average Bonchev–Trinajstić information content (AvgIpc) is 3.16. The lowest BCUT2D eigenvalue weighted by Crippen LogP contribution is -2.48. The highest BCUT2D eigenvalue weighted by atomic mass is 35.5. The Kier molecular flexibility index (Phi) is 6.90. The lowest BCUT2D eigenvalue weighted by molar-refractivity contribution is 0.0915. The van der Waals surface area contributed by atoms with E-state index in [2.05, 4.69) is 22.7 Å². The number of piperidine rings is 1. The molecular weight excluding hydrogens is 403 g/mol. The fourth-order valence-electron chi connectivity index (χ4n) is 3.75. The van der Waals surface area contributed by atoms with Gasteiger partial charge in [-0.2, -0.15) is 5.10 Å². The van der Waals surface area contributed by atoms with Crippen LogP contribution in [0.4, 0.5) is 4.39 Å². The summed E-state index contributed by atoms with van der Waals surface area (Å²) in [4.78, 5) is 13.2. The summed E-state index contributed by atoms with van der Waals surface area (Å²) in [6.07, 6.45) is 2.63. The highest BCUT2D eigenvalue weighted by Crippen LogP contribution is 2.25. The molecule has 2 unspecified atom stereocenters. The molecule has 0 radical (unpaired) electrons. The number of hydrogen-bond acceptors (Lipinski definition) is 3. The van der Waals surface area contributed by atoms with Crippen LogP contribution >= 0.6 is 12.4 Å². The number of benzene rings is 2. The molecule has 0 bridgehead atoms. The summed E-state index contributed by atoms with van der Waals surface area (Å²) >= 11 is 0. The second kappa shape index (κ2) is 9.41. The number of nitrogens with zero attached hydrogens (tertiary/aromatic N) is 2. The maximum absolute atomic E-state index is 13.3. The Morgan fingerprint density at radius 1 is 1.23 bits per heavy atom. The molecule has 5 nitrogen and oxygen atoms in total. The summed E-state index contributed by atoms with van der Waals surface area (Å²) in [5.74, 6) is -0.0754. The minimum Gasteiger partial charge on any atom is -0.349 e. The fraction of sp³-hybridized carbons (Fsp3) is 0.304. The van der Waals surface area contributed by atoms with E-state index < -0.39 is 0 Å². The molecule has 30 heavy (non-hydrogen) atoms. The molecule has 158 valence electrons. The van der Waals surface area contributed by atoms with Crippen molar-refractivity contribution in [1.29, 1.82) is 0 Å². The van der Waals surface area contributed by atoms with Crippen molar-refractivity contribution in [3.05, 3.63) is 71.7 Å². The number of amides is 1. The van der Waals surface area contributed by atoms with Crippen LogP contribution in [0.15, 0.2) is 54.7 Å². The zero-order valence-corrected chi connectivity index (χ0v) is 17.9. The van der Waals surface area contributed by atoms with Gasteiger partial charge in [-0.3, -0.25) is 4.79 Å². The predicted octanol–water partition coefficient (Wildman–Crippen LogP) is 4.14. The predicted molar refractivity (Wildman–Crippen MR) is 119 cm³/mol. The monoisotopic (exact) mass is 428 g/mol. The van der Waals surface area contributed by atoms with E-state index in [1.54, 1.807) is 23.0 Å². The summed E-state index contributed by atoms with van der Waals surface area (Å²) in [5, 5.41) is 11.2. The minimum absolute atomic E-state index is 0. The molecule has 3 aromatic rings. The molecule has 1 aliphatic heterocycles. The first-order valence-corrected chi connectivity index (χ1v) is 9.95. The van der Waals surface area contributed by atoms with Crippen molar-refractivity contribution >= 4 is 18.3 Å². The molecule has 2 N–H and O–H groups in total. The van der Waals surface area contributed by atoms with Crippen LogP contribution in [0.3, 0.4) is 0 Å². The SMILES string of the molecule is Cc1cccc(-c2nn(-c3ccc(F)cc3)cc2C(=O)NC2CCNCC2C)c1.Cl. The van der Waals surface area contributed by atoms with E-state index in [0.717, 1.165) is 30.6 Å². The van der Waals surface area contributed by atoms with E-state index in [0.29, 0.717) is 22.9 Å². The van der Waals surface area contributed by atoms with Crippen LogP contribution in [0.2, 0.25) is 0 Å². The molecule has 2 aromatic carbocycles. The van der Waals surface area contributed by atoms with E-state index in [-0.39, 0.29) is 30.2 Å². The van der Waals surface area contributed by atoms with Crippen LogP contribution in [0.25, 0.3) is 16.9 Å². The van der Waals surface area contributed by atoms with Gasteiger partial charge in [-0.25, -0.2) is 9.07 Å². The summed E-state index contributed by atoms with van der Waals surface area (Å²) in [6, 6.07) is 14.1.